The molecule has 0 rings (SSSR count). The van der Waals surface area contributed by atoms with Crippen LogP contribution in [0.3, 0.4) is 0 Å². The molecule has 0 aromatic carbocycles. The van der Waals surface area contributed by atoms with E-state index in [1.807, 2.05) is 13.8 Å². The van der Waals surface area contributed by atoms with E-state index in [1.54, 1.807) is 83.4 Å². The van der Waals surface area contributed by atoms with Crippen LogP contribution >= 0.6 is 0 Å². The summed E-state index contributed by atoms with van der Waals surface area (Å²) in [6.07, 6.45) is 13.9. The Morgan fingerprint density at radius 2 is 0.696 bits per heavy atom. The van der Waals surface area contributed by atoms with Gasteiger partial charge >= 0.3 is 139 Å². The number of unbranched alkanes of at least 4 members (excludes halogenated alkanes) is 4. The van der Waals surface area contributed by atoms with E-state index in [0.29, 0.717) is 12.8 Å². The molecule has 46 heavy (non-hydrogen) atoms. The summed E-state index contributed by atoms with van der Waals surface area (Å²) >= 11 is 0.299. The zero-order valence-corrected chi connectivity index (χ0v) is 38.7. The van der Waals surface area contributed by atoms with Crippen molar-refractivity contribution in [2.75, 3.05) is 28.2 Å². The number of hydrogen-bond acceptors (Lipinski definition) is 8. The molecule has 0 saturated heterocycles. The number of nitrogens with zero attached hydrogens (tertiary/aromatic N) is 2. The first kappa shape index (κ1) is 58.6. The fourth-order valence-corrected chi connectivity index (χ4v) is 11.5. The van der Waals surface area contributed by atoms with E-state index in [-0.39, 0.29) is 42.3 Å². The molecule has 8 nitrogen and oxygen atoms in total. The van der Waals surface area contributed by atoms with Crippen molar-refractivity contribution in [2.45, 2.75) is 188 Å². The molecule has 0 aliphatic rings. The zero-order chi connectivity index (χ0) is 37.3. The van der Waals surface area contributed by atoms with Gasteiger partial charge < -0.3 is 39.8 Å². The molecular weight excluding hydrogens is 794 g/mol. The Labute approximate surface area is 308 Å². The third-order valence-electron chi connectivity index (χ3n) is 5.74. The fourth-order valence-electron chi connectivity index (χ4n) is 3.18. The van der Waals surface area contributed by atoms with Crippen LogP contribution in [-0.2, 0) is 9.59 Å². The van der Waals surface area contributed by atoms with Gasteiger partial charge in [-0.3, -0.25) is 0 Å². The van der Waals surface area contributed by atoms with Gasteiger partial charge in [0.25, 0.3) is 0 Å². The summed E-state index contributed by atoms with van der Waals surface area (Å²) in [4.78, 5) is 24.1. The molecule has 2 unspecified atom stereocenters. The molecule has 10 heteroatoms. The van der Waals surface area contributed by atoms with Crippen LogP contribution in [0.2, 0.25) is 17.7 Å². The second-order valence-corrected chi connectivity index (χ2v) is 20.7. The number of hydrogen-bond donors (Lipinski definition) is 0. The predicted molar refractivity (Wildman–Crippen MR) is 195 cm³/mol. The SMILES string of the molecule is CC(C)[O-].CC(C)[O-].CCCC(C(=O)[O-])N(C)C.CCCC(C(=O)[O-])N(C)C.CCC[CH2][Sn+2][CH2]CCC.CCC[CH2][Sn+2][CH2]CCC. The molecule has 0 aromatic heterocycles. The summed E-state index contributed by atoms with van der Waals surface area (Å²) in [6, 6.07) is -0.852. The van der Waals surface area contributed by atoms with Crippen molar-refractivity contribution in [1.29, 1.82) is 0 Å². The summed E-state index contributed by atoms with van der Waals surface area (Å²) < 4.78 is 6.50. The Bertz CT molecular complexity index is 503. The first-order valence-corrected chi connectivity index (χ1v) is 26.0. The Kier molecular flexibility index (Phi) is 63.4. The molecular formula is C36H78N2O6Sn2. The Morgan fingerprint density at radius 1 is 0.500 bits per heavy atom. The molecule has 0 heterocycles. The molecule has 0 aliphatic carbocycles. The summed E-state index contributed by atoms with van der Waals surface area (Å²) in [6.45, 7) is 19.5. The minimum atomic E-state index is -0.980. The molecule has 0 aromatic rings. The van der Waals surface area contributed by atoms with Gasteiger partial charge in [0, 0.05) is 12.1 Å². The van der Waals surface area contributed by atoms with E-state index in [1.165, 1.54) is 51.4 Å². The molecule has 276 valence electrons. The van der Waals surface area contributed by atoms with E-state index in [2.05, 4.69) is 27.7 Å². The van der Waals surface area contributed by atoms with E-state index in [4.69, 9.17) is 0 Å². The van der Waals surface area contributed by atoms with Crippen LogP contribution in [-0.4, -0.2) is 117 Å². The van der Waals surface area contributed by atoms with Crippen molar-refractivity contribution >= 4 is 54.2 Å². The van der Waals surface area contributed by atoms with E-state index in [0.717, 1.165) is 12.8 Å². The van der Waals surface area contributed by atoms with Crippen molar-refractivity contribution in [3.8, 4) is 0 Å². The Morgan fingerprint density at radius 3 is 0.783 bits per heavy atom. The summed E-state index contributed by atoms with van der Waals surface area (Å²) in [5.74, 6) is -1.96. The molecule has 0 N–H and O–H groups in total. The van der Waals surface area contributed by atoms with Crippen LogP contribution in [0.5, 0.6) is 0 Å². The topological polar surface area (TPSA) is 133 Å². The maximum absolute atomic E-state index is 10.4. The van der Waals surface area contributed by atoms with Gasteiger partial charge in [-0.1, -0.05) is 54.4 Å². The van der Waals surface area contributed by atoms with Crippen LogP contribution in [0, 0.1) is 0 Å². The average molecular weight is 872 g/mol. The van der Waals surface area contributed by atoms with Crippen molar-refractivity contribution < 1.29 is 30.0 Å². The minimum absolute atomic E-state index is 0.149. The first-order chi connectivity index (χ1) is 21.5. The number of carbonyl (C=O) groups excluding carboxylic acids is 2. The molecule has 0 aliphatic heterocycles. The quantitative estimate of drug-likeness (QED) is 0.127. The first-order valence-electron chi connectivity index (χ1n) is 18.0. The summed E-state index contributed by atoms with van der Waals surface area (Å²) in [7, 11) is 6.98. The van der Waals surface area contributed by atoms with Crippen molar-refractivity contribution in [3.63, 3.8) is 0 Å². The number of likely N-dealkylation sites (N-methyl/N-ethyl adjacent to an activating group) is 2. The fraction of sp³-hybridized carbons (Fsp3) is 0.944. The summed E-state index contributed by atoms with van der Waals surface area (Å²) in [5, 5.41) is 39.8. The maximum atomic E-state index is 10.4. The molecule has 0 saturated carbocycles. The second-order valence-electron chi connectivity index (χ2n) is 12.2. The van der Waals surface area contributed by atoms with Crippen LogP contribution in [0.15, 0.2) is 0 Å². The summed E-state index contributed by atoms with van der Waals surface area (Å²) in [5.41, 5.74) is 0. The van der Waals surface area contributed by atoms with E-state index < -0.39 is 36.2 Å². The van der Waals surface area contributed by atoms with Gasteiger partial charge in [-0.2, -0.15) is 0 Å². The zero-order valence-electron chi connectivity index (χ0n) is 33.0. The van der Waals surface area contributed by atoms with Crippen molar-refractivity contribution in [3.05, 3.63) is 0 Å². The number of aliphatic carboxylic acids is 2. The van der Waals surface area contributed by atoms with E-state index in [9.17, 15) is 30.0 Å². The average Bonchev–Trinajstić information content (AvgIpc) is 2.94. The van der Waals surface area contributed by atoms with Crippen LogP contribution in [0.4, 0.5) is 0 Å². The number of carboxylic acids is 2. The number of carbonyl (C=O) groups is 2. The van der Waals surface area contributed by atoms with Crippen LogP contribution in [0.1, 0.15) is 146 Å². The van der Waals surface area contributed by atoms with Gasteiger partial charge in [-0.15, -0.1) is 12.2 Å². The molecule has 0 amide bonds. The standard InChI is InChI=1S/2C7H15NO2.4C4H9.2C3H7O.2Sn/c2*1-4-5-6(7(9)10)8(2)3;4*1-3-4-2;2*1-3(2)4;;/h2*6H,4-5H2,1-3H3,(H,9,10);4*1,3-4H2,2H3;2*3H,1-2H3;;/q;;;;;;2*-1;2*+2/p-2. The van der Waals surface area contributed by atoms with Gasteiger partial charge in [0.15, 0.2) is 0 Å². The molecule has 2 atom stereocenters. The molecule has 0 bridgehead atoms. The Balaban J connectivity index is -0.000000108. The van der Waals surface area contributed by atoms with Gasteiger partial charge in [0.2, 0.25) is 0 Å². The van der Waals surface area contributed by atoms with Gasteiger partial charge in [0.05, 0.1) is 11.9 Å². The Hall–Kier alpha value is 0.377. The second kappa shape index (κ2) is 49.8. The van der Waals surface area contributed by atoms with Gasteiger partial charge in [-0.05, 0) is 41.0 Å². The predicted octanol–water partition coefficient (Wildman–Crippen LogP) is 4.70. The molecule has 0 spiro atoms. The van der Waals surface area contributed by atoms with E-state index >= 15 is 0 Å². The van der Waals surface area contributed by atoms with Gasteiger partial charge in [-0.25, -0.2) is 0 Å². The third-order valence-corrected chi connectivity index (χ3v) is 13.8. The third kappa shape index (κ3) is 70.7. The van der Waals surface area contributed by atoms with Gasteiger partial charge in [0.1, 0.15) is 0 Å². The van der Waals surface area contributed by atoms with Crippen molar-refractivity contribution in [1.82, 2.24) is 9.80 Å². The number of carboxylic acid groups (broad SMARTS) is 2. The van der Waals surface area contributed by atoms with Crippen molar-refractivity contribution in [2.24, 2.45) is 0 Å². The molecule has 0 radical (unpaired) electrons. The normalized spacial score (nSPS) is 11.0. The number of rotatable bonds is 20. The van der Waals surface area contributed by atoms with Crippen LogP contribution < -0.4 is 20.4 Å². The molecule has 0 fully saturated rings. The monoisotopic (exact) mass is 874 g/mol. The van der Waals surface area contributed by atoms with Crippen LogP contribution in [0.25, 0.3) is 0 Å².